The summed E-state index contributed by atoms with van der Waals surface area (Å²) in [4.78, 5) is 31.8. The van der Waals surface area contributed by atoms with Crippen LogP contribution in [-0.4, -0.2) is 39.0 Å². The fourth-order valence-electron chi connectivity index (χ4n) is 20.3. The average molecular weight is 1260 g/mol. The highest BCUT2D eigenvalue weighted by atomic mass is 32.1. The summed E-state index contributed by atoms with van der Waals surface area (Å²) in [6.07, 6.45) is 15.7. The van der Waals surface area contributed by atoms with Gasteiger partial charge in [0, 0.05) is 91.6 Å². The smallest absolute Gasteiger partial charge is 0.163 e. The Morgan fingerprint density at radius 2 is 0.719 bits per heavy atom. The van der Waals surface area contributed by atoms with Crippen LogP contribution in [0.1, 0.15) is 88.7 Å². The second-order valence-electron chi connectivity index (χ2n) is 29.4. The number of para-hydroxylation sites is 3. The first-order chi connectivity index (χ1) is 47.4. The van der Waals surface area contributed by atoms with Crippen molar-refractivity contribution in [1.82, 2.24) is 39.0 Å². The summed E-state index contributed by atoms with van der Waals surface area (Å²) in [6.45, 7) is 0. The van der Waals surface area contributed by atoms with E-state index in [9.17, 15) is 0 Å². The molecule has 0 saturated heterocycles. The SMILES string of the molecule is c1ccc(-c2nc(-c3cccc(-n4c5ccccc5c5ccc6oc7ccccc7c6c54)c3)nc(C34CC5CC(CC(C5)C3)C4)n2)cc1.c1ccc(-c2nc(-c3cccc(-n4c5ccccc5c5ccc6sc7ccccc7c6c54)c3)nc(C34CC5CC(CC(C5)C3)C4)n2)cc1. The first-order valence-corrected chi connectivity index (χ1v) is 35.7. The van der Waals surface area contributed by atoms with Gasteiger partial charge < -0.3 is 13.6 Å². The van der Waals surface area contributed by atoms with Gasteiger partial charge in [0.1, 0.15) is 22.8 Å². The standard InChI is InChI=1S/C43H34N4O.C43H34N4S/c2*1-2-9-29(10-3-1)40-44-41(46-42(45-40)43-23-26-19-27(24-43)21-28(20-26)25-43)30-11-8-12-31(22-30)47-35-15-6-4-13-32(35)33-17-18-37-38(39(33)47)34-14-5-7-16-36(34)48-37/h2*1-18,22,26-28H,19-21,23-25H2. The number of hydrogen-bond acceptors (Lipinski definition) is 8. The van der Waals surface area contributed by atoms with E-state index >= 15 is 0 Å². The molecule has 10 aromatic carbocycles. The fraction of sp³-hybridized carbons (Fsp3) is 0.233. The summed E-state index contributed by atoms with van der Waals surface area (Å²) in [5.41, 5.74) is 13.1. The van der Waals surface area contributed by atoms with Crippen LogP contribution in [0.25, 0.3) is 143 Å². The van der Waals surface area contributed by atoms with Crippen LogP contribution in [0.3, 0.4) is 0 Å². The van der Waals surface area contributed by atoms with Gasteiger partial charge in [0.25, 0.3) is 0 Å². The Hall–Kier alpha value is -10.2. The van der Waals surface area contributed by atoms with Gasteiger partial charge in [0.15, 0.2) is 23.3 Å². The molecule has 0 aliphatic heterocycles. The number of fused-ring (bicyclic) bond motifs is 14. The Bertz CT molecular complexity index is 5410. The normalized spacial score (nSPS) is 23.2. The van der Waals surface area contributed by atoms with Crippen LogP contribution >= 0.6 is 11.3 Å². The Labute approximate surface area is 559 Å². The highest BCUT2D eigenvalue weighted by Gasteiger charge is 2.55. The largest absolute Gasteiger partial charge is 0.456 e. The Balaban J connectivity index is 0.000000127. The molecule has 8 aliphatic carbocycles. The number of benzene rings is 10. The molecule has 0 amide bonds. The quantitative estimate of drug-likeness (QED) is 0.149. The molecular weight excluding hydrogens is 1190 g/mol. The minimum Gasteiger partial charge on any atom is -0.456 e. The first-order valence-electron chi connectivity index (χ1n) is 34.9. The molecule has 0 radical (unpaired) electrons. The number of aromatic nitrogens is 8. The summed E-state index contributed by atoms with van der Waals surface area (Å²) < 4.78 is 13.9. The predicted molar refractivity (Wildman–Crippen MR) is 390 cm³/mol. The molecule has 0 N–H and O–H groups in total. The third-order valence-electron chi connectivity index (χ3n) is 23.4. The molecule has 8 fully saturated rings. The molecule has 8 aliphatic rings. The van der Waals surface area contributed by atoms with E-state index in [1.54, 1.807) is 0 Å². The minimum absolute atomic E-state index is 0.0638. The van der Waals surface area contributed by atoms with E-state index in [1.807, 2.05) is 17.4 Å². The van der Waals surface area contributed by atoms with E-state index in [-0.39, 0.29) is 10.8 Å². The average Bonchev–Trinajstić information content (AvgIpc) is 1.67. The van der Waals surface area contributed by atoms with Crippen molar-refractivity contribution >= 4 is 97.1 Å². The van der Waals surface area contributed by atoms with Crippen molar-refractivity contribution in [3.05, 3.63) is 242 Å². The molecule has 16 aromatic rings. The van der Waals surface area contributed by atoms with Crippen molar-refractivity contribution in [2.24, 2.45) is 35.5 Å². The zero-order chi connectivity index (χ0) is 62.8. The van der Waals surface area contributed by atoms with Crippen molar-refractivity contribution in [2.45, 2.75) is 87.9 Å². The molecule has 6 heterocycles. The summed E-state index contributed by atoms with van der Waals surface area (Å²) in [5.74, 6) is 10.0. The van der Waals surface area contributed by atoms with E-state index in [0.29, 0.717) is 0 Å². The molecule has 8 bridgehead atoms. The van der Waals surface area contributed by atoms with Crippen LogP contribution in [0.15, 0.2) is 235 Å². The third-order valence-corrected chi connectivity index (χ3v) is 24.6. The molecule has 9 nitrogen and oxygen atoms in total. The van der Waals surface area contributed by atoms with Crippen LogP contribution < -0.4 is 0 Å². The van der Waals surface area contributed by atoms with E-state index in [2.05, 4.69) is 234 Å². The van der Waals surface area contributed by atoms with Gasteiger partial charge in [-0.05, 0) is 179 Å². The summed E-state index contributed by atoms with van der Waals surface area (Å²) in [5, 5.41) is 9.89. The molecule has 0 unspecified atom stereocenters. The molecule has 0 atom stereocenters. The van der Waals surface area contributed by atoms with Gasteiger partial charge in [-0.1, -0.05) is 164 Å². The van der Waals surface area contributed by atoms with Gasteiger partial charge in [-0.25, -0.2) is 29.9 Å². The molecule has 10 heteroatoms. The van der Waals surface area contributed by atoms with Gasteiger partial charge in [-0.2, -0.15) is 0 Å². The highest BCUT2D eigenvalue weighted by Crippen LogP contribution is 2.62. The van der Waals surface area contributed by atoms with Crippen LogP contribution in [0.4, 0.5) is 0 Å². The predicted octanol–water partition coefficient (Wildman–Crippen LogP) is 21.8. The van der Waals surface area contributed by atoms with Crippen molar-refractivity contribution in [2.75, 3.05) is 0 Å². The van der Waals surface area contributed by atoms with Gasteiger partial charge in [-0.15, -0.1) is 11.3 Å². The number of furan rings is 1. The molecule has 6 aromatic heterocycles. The Morgan fingerprint density at radius 3 is 1.23 bits per heavy atom. The summed E-state index contributed by atoms with van der Waals surface area (Å²) in [7, 11) is 0. The van der Waals surface area contributed by atoms with E-state index in [0.717, 1.165) is 137 Å². The van der Waals surface area contributed by atoms with Gasteiger partial charge in [0.2, 0.25) is 0 Å². The maximum atomic E-state index is 6.37. The second-order valence-corrected chi connectivity index (χ2v) is 30.5. The minimum atomic E-state index is 0.0638. The summed E-state index contributed by atoms with van der Waals surface area (Å²) in [6, 6.07) is 82.2. The lowest BCUT2D eigenvalue weighted by atomic mass is 9.49. The lowest BCUT2D eigenvalue weighted by Gasteiger charge is -2.56. The van der Waals surface area contributed by atoms with Crippen LogP contribution in [-0.2, 0) is 10.8 Å². The topological polar surface area (TPSA) is 100 Å². The maximum Gasteiger partial charge on any atom is 0.163 e. The third kappa shape index (κ3) is 8.65. The molecule has 96 heavy (non-hydrogen) atoms. The van der Waals surface area contributed by atoms with E-state index in [1.165, 1.54) is 130 Å². The molecule has 24 rings (SSSR count). The molecular formula is C86H68N8OS. The van der Waals surface area contributed by atoms with Gasteiger partial charge in [-0.3, -0.25) is 0 Å². The van der Waals surface area contributed by atoms with Crippen LogP contribution in [0.2, 0.25) is 0 Å². The zero-order valence-electron chi connectivity index (χ0n) is 53.3. The molecule has 464 valence electrons. The van der Waals surface area contributed by atoms with Crippen molar-refractivity contribution in [1.29, 1.82) is 0 Å². The van der Waals surface area contributed by atoms with Crippen LogP contribution in [0.5, 0.6) is 0 Å². The van der Waals surface area contributed by atoms with Crippen LogP contribution in [0, 0.1) is 35.5 Å². The Kier molecular flexibility index (Phi) is 12.2. The van der Waals surface area contributed by atoms with Gasteiger partial charge in [0.05, 0.1) is 27.5 Å². The maximum absolute atomic E-state index is 6.37. The number of thiophene rings is 1. The lowest BCUT2D eigenvalue weighted by molar-refractivity contribution is -0.00948. The Morgan fingerprint density at radius 1 is 0.312 bits per heavy atom. The molecule has 0 spiro atoms. The number of nitrogens with zero attached hydrogens (tertiary/aromatic N) is 8. The molecule has 8 saturated carbocycles. The van der Waals surface area contributed by atoms with E-state index < -0.39 is 0 Å². The number of hydrogen-bond donors (Lipinski definition) is 0. The fourth-order valence-corrected chi connectivity index (χ4v) is 21.4. The highest BCUT2D eigenvalue weighted by molar-refractivity contribution is 7.26. The summed E-state index contributed by atoms with van der Waals surface area (Å²) >= 11 is 1.87. The monoisotopic (exact) mass is 1260 g/mol. The second kappa shape index (κ2) is 21.2. The van der Waals surface area contributed by atoms with Crippen molar-refractivity contribution in [3.8, 4) is 56.9 Å². The lowest BCUT2D eigenvalue weighted by Crippen LogP contribution is -2.49. The van der Waals surface area contributed by atoms with Gasteiger partial charge >= 0.3 is 0 Å². The first kappa shape index (κ1) is 55.2. The zero-order valence-corrected chi connectivity index (χ0v) is 54.1. The van der Waals surface area contributed by atoms with Crippen molar-refractivity contribution in [3.63, 3.8) is 0 Å². The van der Waals surface area contributed by atoms with Crippen molar-refractivity contribution < 1.29 is 4.42 Å². The van der Waals surface area contributed by atoms with E-state index in [4.69, 9.17) is 34.3 Å². The number of rotatable bonds is 8.